The molecule has 2 aromatic rings. The predicted molar refractivity (Wildman–Crippen MR) is 65.5 cm³/mol. The highest BCUT2D eigenvalue weighted by molar-refractivity contribution is 5.81. The molecule has 1 aliphatic rings. The highest BCUT2D eigenvalue weighted by Crippen LogP contribution is 2.43. The standard InChI is InChI=1S/C14H12NO3/c16-13-9-11(10-5-2-1-3-6-10)14(15(13)17)12-7-4-8-18-12/h1-8,11,14H,9H2/q-1/t11-,14?/m0/s1. The molecule has 1 aliphatic heterocycles. The van der Waals surface area contributed by atoms with Crippen molar-refractivity contribution in [3.8, 4) is 0 Å². The molecule has 1 aromatic heterocycles. The van der Waals surface area contributed by atoms with Crippen LogP contribution in [0.1, 0.15) is 29.7 Å². The van der Waals surface area contributed by atoms with Crippen LogP contribution in [0.4, 0.5) is 0 Å². The highest BCUT2D eigenvalue weighted by atomic mass is 16.5. The molecule has 0 radical (unpaired) electrons. The van der Waals surface area contributed by atoms with Crippen molar-refractivity contribution < 1.29 is 9.21 Å². The number of nitrogens with zero attached hydrogens (tertiary/aromatic N) is 1. The molecule has 1 amide bonds. The predicted octanol–water partition coefficient (Wildman–Crippen LogP) is 2.83. The summed E-state index contributed by atoms with van der Waals surface area (Å²) in [7, 11) is 0. The molecule has 3 rings (SSSR count). The summed E-state index contributed by atoms with van der Waals surface area (Å²) in [6.45, 7) is 0. The van der Waals surface area contributed by atoms with Crippen LogP contribution >= 0.6 is 0 Å². The van der Waals surface area contributed by atoms with Gasteiger partial charge in [-0.2, -0.15) is 0 Å². The van der Waals surface area contributed by atoms with Gasteiger partial charge in [-0.05, 0) is 17.7 Å². The summed E-state index contributed by atoms with van der Waals surface area (Å²) in [5, 5.41) is 12.4. The van der Waals surface area contributed by atoms with E-state index in [2.05, 4.69) is 0 Å². The minimum Gasteiger partial charge on any atom is -0.756 e. The fourth-order valence-electron chi connectivity index (χ4n) is 2.48. The number of hydrogen-bond acceptors (Lipinski definition) is 3. The lowest BCUT2D eigenvalue weighted by molar-refractivity contribution is -0.126. The zero-order valence-electron chi connectivity index (χ0n) is 9.65. The monoisotopic (exact) mass is 242 g/mol. The Balaban J connectivity index is 2.00. The summed E-state index contributed by atoms with van der Waals surface area (Å²) in [5.41, 5.74) is 0.991. The van der Waals surface area contributed by atoms with Crippen molar-refractivity contribution in [2.75, 3.05) is 0 Å². The lowest BCUT2D eigenvalue weighted by atomic mass is 9.90. The Morgan fingerprint density at radius 2 is 1.94 bits per heavy atom. The van der Waals surface area contributed by atoms with Crippen LogP contribution in [0.15, 0.2) is 53.1 Å². The van der Waals surface area contributed by atoms with Gasteiger partial charge in [-0.15, -0.1) is 0 Å². The molecule has 4 heteroatoms. The molecule has 0 spiro atoms. The van der Waals surface area contributed by atoms with Gasteiger partial charge in [0, 0.05) is 12.3 Å². The first kappa shape index (κ1) is 11.0. The van der Waals surface area contributed by atoms with E-state index in [0.717, 1.165) is 5.56 Å². The van der Waals surface area contributed by atoms with Crippen LogP contribution in [0.5, 0.6) is 0 Å². The summed E-state index contributed by atoms with van der Waals surface area (Å²) < 4.78 is 5.29. The average molecular weight is 242 g/mol. The fourth-order valence-corrected chi connectivity index (χ4v) is 2.48. The van der Waals surface area contributed by atoms with E-state index in [1.54, 1.807) is 12.1 Å². The number of amides is 1. The van der Waals surface area contributed by atoms with Crippen LogP contribution in [0.25, 0.3) is 0 Å². The first-order valence-electron chi connectivity index (χ1n) is 5.85. The summed E-state index contributed by atoms with van der Waals surface area (Å²) in [5.74, 6) is 0.0253. The molecule has 18 heavy (non-hydrogen) atoms. The number of hydrogen-bond donors (Lipinski definition) is 0. The number of rotatable bonds is 2. The number of carbonyl (C=O) groups excluding carboxylic acids is 1. The number of hydroxylamine groups is 2. The molecule has 1 fully saturated rings. The number of carbonyl (C=O) groups is 1. The molecule has 4 nitrogen and oxygen atoms in total. The maximum Gasteiger partial charge on any atom is 0.213 e. The van der Waals surface area contributed by atoms with E-state index < -0.39 is 6.04 Å². The van der Waals surface area contributed by atoms with Crippen LogP contribution in [-0.2, 0) is 4.79 Å². The topological polar surface area (TPSA) is 56.5 Å². The molecular formula is C14H12NO3-. The van der Waals surface area contributed by atoms with Crippen LogP contribution in [0.3, 0.4) is 0 Å². The number of benzene rings is 1. The number of furan rings is 1. The Morgan fingerprint density at radius 1 is 1.17 bits per heavy atom. The van der Waals surface area contributed by atoms with E-state index in [-0.39, 0.29) is 18.2 Å². The molecule has 2 heterocycles. The summed E-state index contributed by atoms with van der Waals surface area (Å²) in [4.78, 5) is 11.6. The van der Waals surface area contributed by atoms with Gasteiger partial charge in [0.1, 0.15) is 5.76 Å². The Hall–Kier alpha value is -2.07. The zero-order chi connectivity index (χ0) is 12.5. The van der Waals surface area contributed by atoms with Gasteiger partial charge in [0.25, 0.3) is 0 Å². The second-order valence-electron chi connectivity index (χ2n) is 4.40. The molecule has 92 valence electrons. The van der Waals surface area contributed by atoms with Crippen molar-refractivity contribution >= 4 is 5.91 Å². The molecule has 1 aromatic carbocycles. The maximum absolute atomic E-state index is 11.9. The molecular weight excluding hydrogens is 230 g/mol. The van der Waals surface area contributed by atoms with Gasteiger partial charge >= 0.3 is 0 Å². The zero-order valence-corrected chi connectivity index (χ0v) is 9.65. The van der Waals surface area contributed by atoms with Crippen molar-refractivity contribution in [1.82, 2.24) is 5.06 Å². The molecule has 2 atom stereocenters. The Bertz CT molecular complexity index is 535. The minimum absolute atomic E-state index is 0.137. The Labute approximate surface area is 104 Å². The van der Waals surface area contributed by atoms with Gasteiger partial charge in [0.2, 0.25) is 5.91 Å². The fraction of sp³-hybridized carbons (Fsp3) is 0.214. The quantitative estimate of drug-likeness (QED) is 0.813. The molecule has 0 N–H and O–H groups in total. The third-order valence-electron chi connectivity index (χ3n) is 3.34. The van der Waals surface area contributed by atoms with Crippen LogP contribution in [-0.4, -0.2) is 11.0 Å². The average Bonchev–Trinajstić information content (AvgIpc) is 3.00. The normalized spacial score (nSPS) is 23.6. The second kappa shape index (κ2) is 4.31. The lowest BCUT2D eigenvalue weighted by Gasteiger charge is -2.31. The van der Waals surface area contributed by atoms with E-state index in [4.69, 9.17) is 4.42 Å². The van der Waals surface area contributed by atoms with Crippen LogP contribution < -0.4 is 0 Å². The van der Waals surface area contributed by atoms with E-state index >= 15 is 0 Å². The van der Waals surface area contributed by atoms with Crippen molar-refractivity contribution in [3.05, 3.63) is 65.3 Å². The van der Waals surface area contributed by atoms with Gasteiger partial charge in [-0.1, -0.05) is 30.3 Å². The van der Waals surface area contributed by atoms with Crippen LogP contribution in [0, 0.1) is 5.21 Å². The van der Waals surface area contributed by atoms with Gasteiger partial charge in [-0.25, -0.2) is 0 Å². The Kier molecular flexibility index (Phi) is 2.64. The first-order chi connectivity index (χ1) is 8.77. The molecule has 0 bridgehead atoms. The molecule has 1 unspecified atom stereocenters. The largest absolute Gasteiger partial charge is 0.756 e. The SMILES string of the molecule is O=C1C[C@@H](c2ccccc2)C(c2ccco2)N1[O-]. The van der Waals surface area contributed by atoms with Gasteiger partial charge in [-0.3, -0.25) is 4.79 Å². The first-order valence-corrected chi connectivity index (χ1v) is 5.85. The second-order valence-corrected chi connectivity index (χ2v) is 4.40. The van der Waals surface area contributed by atoms with Gasteiger partial charge < -0.3 is 14.7 Å². The van der Waals surface area contributed by atoms with Crippen molar-refractivity contribution in [1.29, 1.82) is 0 Å². The Morgan fingerprint density at radius 3 is 2.61 bits per heavy atom. The minimum atomic E-state index is -0.546. The smallest absolute Gasteiger partial charge is 0.213 e. The van der Waals surface area contributed by atoms with E-state index in [0.29, 0.717) is 10.8 Å². The summed E-state index contributed by atoms with van der Waals surface area (Å²) in [6, 6.07) is 12.5. The van der Waals surface area contributed by atoms with Crippen molar-refractivity contribution in [2.45, 2.75) is 18.4 Å². The van der Waals surface area contributed by atoms with Gasteiger partial charge in [0.15, 0.2) is 0 Å². The molecule has 0 saturated carbocycles. The highest BCUT2D eigenvalue weighted by Gasteiger charge is 2.38. The molecule has 0 aliphatic carbocycles. The van der Waals surface area contributed by atoms with Crippen molar-refractivity contribution in [3.63, 3.8) is 0 Å². The maximum atomic E-state index is 11.9. The van der Waals surface area contributed by atoms with E-state index in [1.807, 2.05) is 30.3 Å². The van der Waals surface area contributed by atoms with Crippen LogP contribution in [0.2, 0.25) is 0 Å². The third kappa shape index (κ3) is 1.71. The van der Waals surface area contributed by atoms with E-state index in [1.165, 1.54) is 6.26 Å². The molecule has 1 saturated heterocycles. The summed E-state index contributed by atoms with van der Waals surface area (Å²) >= 11 is 0. The summed E-state index contributed by atoms with van der Waals surface area (Å²) in [6.07, 6.45) is 1.76. The third-order valence-corrected chi connectivity index (χ3v) is 3.34. The van der Waals surface area contributed by atoms with Gasteiger partial charge in [0.05, 0.1) is 12.3 Å². The van der Waals surface area contributed by atoms with E-state index in [9.17, 15) is 10.0 Å². The lowest BCUT2D eigenvalue weighted by Crippen LogP contribution is -2.21. The van der Waals surface area contributed by atoms with Crippen molar-refractivity contribution in [2.24, 2.45) is 0 Å².